The minimum absolute atomic E-state index is 0.189. The summed E-state index contributed by atoms with van der Waals surface area (Å²) < 4.78 is 10.7. The molecule has 0 aromatic heterocycles. The van der Waals surface area contributed by atoms with Gasteiger partial charge in [-0.15, -0.1) is 0 Å². The van der Waals surface area contributed by atoms with Gasteiger partial charge in [0.15, 0.2) is 11.5 Å². The van der Waals surface area contributed by atoms with Gasteiger partial charge in [0, 0.05) is 26.1 Å². The van der Waals surface area contributed by atoms with Crippen molar-refractivity contribution in [2.45, 2.75) is 32.2 Å². The third kappa shape index (κ3) is 4.16. The Bertz CT molecular complexity index is 533. The van der Waals surface area contributed by atoms with Gasteiger partial charge in [0.25, 0.3) is 0 Å². The average molecular weight is 320 g/mol. The molecule has 0 radical (unpaired) electrons. The predicted molar refractivity (Wildman–Crippen MR) is 91.0 cm³/mol. The normalized spacial score (nSPS) is 18.8. The molecule has 0 aliphatic carbocycles. The minimum atomic E-state index is 0.189. The lowest BCUT2D eigenvalue weighted by Crippen LogP contribution is -2.48. The zero-order valence-electron chi connectivity index (χ0n) is 14.7. The number of methoxy groups -OCH3 is 2. The zero-order chi connectivity index (χ0) is 16.8. The number of amides is 1. The van der Waals surface area contributed by atoms with Gasteiger partial charge in [-0.3, -0.25) is 9.69 Å². The molecule has 5 heteroatoms. The molecule has 1 atom stereocenters. The van der Waals surface area contributed by atoms with Gasteiger partial charge in [-0.2, -0.15) is 0 Å². The Morgan fingerprint density at radius 2 is 1.96 bits per heavy atom. The number of hydrogen-bond acceptors (Lipinski definition) is 4. The van der Waals surface area contributed by atoms with Gasteiger partial charge in [0.2, 0.25) is 5.91 Å². The van der Waals surface area contributed by atoms with Crippen molar-refractivity contribution in [2.75, 3.05) is 40.9 Å². The molecule has 1 amide bonds. The van der Waals surface area contributed by atoms with Crippen LogP contribution in [0.4, 0.5) is 0 Å². The van der Waals surface area contributed by atoms with Crippen LogP contribution in [0.15, 0.2) is 18.2 Å². The third-order valence-corrected chi connectivity index (χ3v) is 4.54. The molecular weight excluding hydrogens is 292 g/mol. The molecule has 128 valence electrons. The first-order chi connectivity index (χ1) is 11.1. The minimum Gasteiger partial charge on any atom is -0.493 e. The molecule has 0 spiro atoms. The quantitative estimate of drug-likeness (QED) is 0.808. The maximum Gasteiger partial charge on any atom is 0.222 e. The van der Waals surface area contributed by atoms with Gasteiger partial charge in [0.1, 0.15) is 0 Å². The van der Waals surface area contributed by atoms with Gasteiger partial charge in [-0.25, -0.2) is 0 Å². The van der Waals surface area contributed by atoms with Crippen LogP contribution in [0.25, 0.3) is 0 Å². The first-order valence-electron chi connectivity index (χ1n) is 8.30. The molecule has 0 N–H and O–H groups in total. The second kappa shape index (κ2) is 8.20. The maximum absolute atomic E-state index is 12.3. The van der Waals surface area contributed by atoms with Crippen molar-refractivity contribution < 1.29 is 14.3 Å². The molecule has 1 aliphatic heterocycles. The van der Waals surface area contributed by atoms with Crippen LogP contribution in [0.1, 0.15) is 37.8 Å². The fraction of sp³-hybridized carbons (Fsp3) is 0.611. The number of unbranched alkanes of at least 4 members (excludes halogenated alkanes) is 1. The van der Waals surface area contributed by atoms with Crippen molar-refractivity contribution in [3.05, 3.63) is 23.8 Å². The van der Waals surface area contributed by atoms with E-state index in [0.29, 0.717) is 6.42 Å². The largest absolute Gasteiger partial charge is 0.493 e. The van der Waals surface area contributed by atoms with Gasteiger partial charge in [-0.1, -0.05) is 19.4 Å². The molecule has 1 heterocycles. The van der Waals surface area contributed by atoms with E-state index in [1.165, 1.54) is 0 Å². The number of carbonyl (C=O) groups excluding carboxylic acids is 1. The SMILES string of the molecule is CCCCC(=O)N1CCN(C)C(c2ccc(OC)c(OC)c2)C1. The molecular formula is C18H28N2O3. The van der Waals surface area contributed by atoms with Crippen LogP contribution < -0.4 is 9.47 Å². The molecule has 0 saturated carbocycles. The van der Waals surface area contributed by atoms with E-state index >= 15 is 0 Å². The second-order valence-electron chi connectivity index (χ2n) is 6.05. The second-order valence-corrected chi connectivity index (χ2v) is 6.05. The Hall–Kier alpha value is -1.75. The van der Waals surface area contributed by atoms with E-state index in [0.717, 1.165) is 49.5 Å². The molecule has 1 saturated heterocycles. The van der Waals surface area contributed by atoms with Crippen molar-refractivity contribution in [2.24, 2.45) is 0 Å². The smallest absolute Gasteiger partial charge is 0.222 e. The number of rotatable bonds is 6. The molecule has 1 fully saturated rings. The lowest BCUT2D eigenvalue weighted by atomic mass is 10.0. The summed E-state index contributed by atoms with van der Waals surface area (Å²) in [6.07, 6.45) is 2.67. The van der Waals surface area contributed by atoms with Crippen LogP contribution in [-0.2, 0) is 4.79 Å². The van der Waals surface area contributed by atoms with E-state index < -0.39 is 0 Å². The highest BCUT2D eigenvalue weighted by Gasteiger charge is 2.28. The van der Waals surface area contributed by atoms with E-state index in [1.807, 2.05) is 17.0 Å². The summed E-state index contributed by atoms with van der Waals surface area (Å²) in [7, 11) is 5.39. The first kappa shape index (κ1) is 17.6. The van der Waals surface area contributed by atoms with Crippen molar-refractivity contribution in [1.29, 1.82) is 0 Å². The number of nitrogens with zero attached hydrogens (tertiary/aromatic N) is 2. The molecule has 0 bridgehead atoms. The Morgan fingerprint density at radius 1 is 1.22 bits per heavy atom. The number of carbonyl (C=O) groups is 1. The van der Waals surface area contributed by atoms with Crippen molar-refractivity contribution in [1.82, 2.24) is 9.80 Å². The highest BCUT2D eigenvalue weighted by molar-refractivity contribution is 5.76. The first-order valence-corrected chi connectivity index (χ1v) is 8.30. The summed E-state index contributed by atoms with van der Waals surface area (Å²) in [6, 6.07) is 6.19. The number of hydrogen-bond donors (Lipinski definition) is 0. The summed E-state index contributed by atoms with van der Waals surface area (Å²) in [4.78, 5) is 16.6. The fourth-order valence-corrected chi connectivity index (χ4v) is 3.01. The van der Waals surface area contributed by atoms with E-state index in [-0.39, 0.29) is 11.9 Å². The summed E-state index contributed by atoms with van der Waals surface area (Å²) >= 11 is 0. The van der Waals surface area contributed by atoms with Crippen LogP contribution in [0, 0.1) is 0 Å². The van der Waals surface area contributed by atoms with Crippen molar-refractivity contribution in [3.63, 3.8) is 0 Å². The molecule has 5 nitrogen and oxygen atoms in total. The lowest BCUT2D eigenvalue weighted by Gasteiger charge is -2.40. The highest BCUT2D eigenvalue weighted by Crippen LogP contribution is 2.33. The van der Waals surface area contributed by atoms with Gasteiger partial charge < -0.3 is 14.4 Å². The van der Waals surface area contributed by atoms with Crippen molar-refractivity contribution >= 4 is 5.91 Å². The van der Waals surface area contributed by atoms with Crippen LogP contribution >= 0.6 is 0 Å². The standard InChI is InChI=1S/C18H28N2O3/c1-5-6-7-18(21)20-11-10-19(2)15(13-20)14-8-9-16(22-3)17(12-14)23-4/h8-9,12,15H,5-7,10-11,13H2,1-4H3. The van der Waals surface area contributed by atoms with Crippen molar-refractivity contribution in [3.8, 4) is 11.5 Å². The van der Waals surface area contributed by atoms with Crippen LogP contribution in [0.5, 0.6) is 11.5 Å². The molecule has 1 unspecified atom stereocenters. The van der Waals surface area contributed by atoms with E-state index in [1.54, 1.807) is 14.2 Å². The summed E-state index contributed by atoms with van der Waals surface area (Å²) in [5, 5.41) is 0. The topological polar surface area (TPSA) is 42.0 Å². The Labute approximate surface area is 139 Å². The molecule has 1 aromatic carbocycles. The van der Waals surface area contributed by atoms with Crippen LogP contribution in [-0.4, -0.2) is 56.6 Å². The molecule has 2 rings (SSSR count). The van der Waals surface area contributed by atoms with E-state index in [9.17, 15) is 4.79 Å². The Morgan fingerprint density at radius 3 is 2.61 bits per heavy atom. The van der Waals surface area contributed by atoms with Gasteiger partial charge in [0.05, 0.1) is 20.3 Å². The van der Waals surface area contributed by atoms with E-state index in [4.69, 9.17) is 9.47 Å². The molecule has 23 heavy (non-hydrogen) atoms. The van der Waals surface area contributed by atoms with Gasteiger partial charge in [-0.05, 0) is 31.2 Å². The fourth-order valence-electron chi connectivity index (χ4n) is 3.01. The Balaban J connectivity index is 2.15. The summed E-state index contributed by atoms with van der Waals surface area (Å²) in [5.41, 5.74) is 1.15. The maximum atomic E-state index is 12.3. The number of piperazine rings is 1. The summed E-state index contributed by atoms with van der Waals surface area (Å²) in [6.45, 7) is 4.54. The zero-order valence-corrected chi connectivity index (χ0v) is 14.7. The summed E-state index contributed by atoms with van der Waals surface area (Å²) in [5.74, 6) is 1.73. The third-order valence-electron chi connectivity index (χ3n) is 4.54. The lowest BCUT2D eigenvalue weighted by molar-refractivity contribution is -0.134. The van der Waals surface area contributed by atoms with E-state index in [2.05, 4.69) is 24.9 Å². The van der Waals surface area contributed by atoms with Gasteiger partial charge >= 0.3 is 0 Å². The monoisotopic (exact) mass is 320 g/mol. The highest BCUT2D eigenvalue weighted by atomic mass is 16.5. The predicted octanol–water partition coefficient (Wildman–Crippen LogP) is 2.71. The number of benzene rings is 1. The average Bonchev–Trinajstić information content (AvgIpc) is 2.59. The number of likely N-dealkylation sites (N-methyl/N-ethyl adjacent to an activating group) is 1. The molecule has 1 aromatic rings. The molecule has 1 aliphatic rings. The number of ether oxygens (including phenoxy) is 2. The Kier molecular flexibility index (Phi) is 6.28. The van der Waals surface area contributed by atoms with Crippen LogP contribution in [0.3, 0.4) is 0 Å². The van der Waals surface area contributed by atoms with Crippen LogP contribution in [0.2, 0.25) is 0 Å².